The quantitative estimate of drug-likeness (QED) is 0.553. The Labute approximate surface area is 210 Å². The van der Waals surface area contributed by atoms with Crippen LogP contribution in [-0.4, -0.2) is 78.2 Å². The molecule has 1 atom stereocenters. The minimum absolute atomic E-state index is 0.174. The SMILES string of the molecule is C=Cc1cncc(-c2cc3c(cn2)cnn3C2CC=CC(N3CCN(C(=O)OC(C)(C)C)CC3)=N2)n1. The number of dihydropyridines is 1. The van der Waals surface area contributed by atoms with Crippen molar-refractivity contribution in [3.8, 4) is 11.4 Å². The van der Waals surface area contributed by atoms with Crippen LogP contribution in [0.3, 0.4) is 0 Å². The number of hydrogen-bond donors (Lipinski definition) is 0. The predicted molar refractivity (Wildman–Crippen MR) is 138 cm³/mol. The van der Waals surface area contributed by atoms with Gasteiger partial charge in [0.1, 0.15) is 23.3 Å². The average Bonchev–Trinajstić information content (AvgIpc) is 3.31. The molecule has 0 aliphatic carbocycles. The molecule has 0 bridgehead atoms. The van der Waals surface area contributed by atoms with Gasteiger partial charge in [-0.25, -0.2) is 19.5 Å². The van der Waals surface area contributed by atoms with Gasteiger partial charge in [-0.1, -0.05) is 12.7 Å². The van der Waals surface area contributed by atoms with E-state index in [2.05, 4.69) is 43.7 Å². The maximum absolute atomic E-state index is 12.4. The zero-order valence-electron chi connectivity index (χ0n) is 20.8. The van der Waals surface area contributed by atoms with Crippen LogP contribution in [0.25, 0.3) is 28.4 Å². The molecule has 0 radical (unpaired) electrons. The van der Waals surface area contributed by atoms with E-state index in [1.807, 2.05) is 37.7 Å². The van der Waals surface area contributed by atoms with Crippen molar-refractivity contribution in [2.45, 2.75) is 39.0 Å². The molecule has 1 unspecified atom stereocenters. The van der Waals surface area contributed by atoms with Crippen LogP contribution < -0.4 is 0 Å². The fraction of sp³-hybridized carbons (Fsp3) is 0.385. The highest BCUT2D eigenvalue weighted by Crippen LogP contribution is 2.27. The maximum atomic E-state index is 12.4. The molecular weight excluding hydrogens is 456 g/mol. The van der Waals surface area contributed by atoms with E-state index in [4.69, 9.17) is 9.73 Å². The molecule has 10 nitrogen and oxygen atoms in total. The van der Waals surface area contributed by atoms with Crippen molar-refractivity contribution >= 4 is 28.9 Å². The number of ether oxygens (including phenoxy) is 1. The average molecular weight is 487 g/mol. The van der Waals surface area contributed by atoms with Crippen LogP contribution in [0.1, 0.15) is 39.1 Å². The Balaban J connectivity index is 1.34. The largest absolute Gasteiger partial charge is 0.444 e. The first-order valence-electron chi connectivity index (χ1n) is 12.1. The summed E-state index contributed by atoms with van der Waals surface area (Å²) in [6, 6.07) is 1.98. The Morgan fingerprint density at radius 2 is 1.92 bits per heavy atom. The number of pyridine rings is 1. The molecule has 0 spiro atoms. The van der Waals surface area contributed by atoms with Gasteiger partial charge in [-0.15, -0.1) is 0 Å². The second kappa shape index (κ2) is 9.52. The molecule has 5 rings (SSSR count). The summed E-state index contributed by atoms with van der Waals surface area (Å²) in [5, 5.41) is 5.57. The van der Waals surface area contributed by atoms with Crippen molar-refractivity contribution < 1.29 is 9.53 Å². The number of carbonyl (C=O) groups excluding carboxylic acids is 1. The second-order valence-electron chi connectivity index (χ2n) is 9.81. The van der Waals surface area contributed by atoms with E-state index in [-0.39, 0.29) is 12.3 Å². The van der Waals surface area contributed by atoms with Gasteiger partial charge in [0.25, 0.3) is 0 Å². The van der Waals surface area contributed by atoms with E-state index in [0.717, 1.165) is 23.2 Å². The fourth-order valence-electron chi connectivity index (χ4n) is 4.25. The molecular formula is C26H30N8O2. The molecule has 0 N–H and O–H groups in total. The molecule has 2 aliphatic heterocycles. The Hall–Kier alpha value is -4.08. The third-order valence-electron chi connectivity index (χ3n) is 6.04. The lowest BCUT2D eigenvalue weighted by molar-refractivity contribution is 0.0187. The van der Waals surface area contributed by atoms with Gasteiger partial charge < -0.3 is 14.5 Å². The topological polar surface area (TPSA) is 102 Å². The van der Waals surface area contributed by atoms with Gasteiger partial charge in [0, 0.05) is 44.2 Å². The Bertz CT molecular complexity index is 1350. The third kappa shape index (κ3) is 4.98. The van der Waals surface area contributed by atoms with Crippen molar-refractivity contribution in [1.82, 2.24) is 34.5 Å². The molecule has 10 heteroatoms. The van der Waals surface area contributed by atoms with Crippen LogP contribution in [0.5, 0.6) is 0 Å². The van der Waals surface area contributed by atoms with Crippen molar-refractivity contribution in [1.29, 1.82) is 0 Å². The molecule has 186 valence electrons. The zero-order chi connectivity index (χ0) is 25.3. The predicted octanol–water partition coefficient (Wildman–Crippen LogP) is 3.94. The summed E-state index contributed by atoms with van der Waals surface area (Å²) in [5.74, 6) is 0.901. The van der Waals surface area contributed by atoms with E-state index in [1.165, 1.54) is 0 Å². The van der Waals surface area contributed by atoms with Crippen LogP contribution in [0.15, 0.2) is 54.6 Å². The van der Waals surface area contributed by atoms with Crippen LogP contribution in [0, 0.1) is 0 Å². The lowest BCUT2D eigenvalue weighted by atomic mass is 10.2. The Kier molecular flexibility index (Phi) is 6.26. The van der Waals surface area contributed by atoms with Crippen molar-refractivity contribution in [3.63, 3.8) is 0 Å². The zero-order valence-corrected chi connectivity index (χ0v) is 20.8. The van der Waals surface area contributed by atoms with Gasteiger partial charge in [0.05, 0.1) is 35.5 Å². The number of aromatic nitrogens is 5. The normalized spacial score (nSPS) is 18.3. The van der Waals surface area contributed by atoms with E-state index in [1.54, 1.807) is 29.6 Å². The molecule has 1 fully saturated rings. The Morgan fingerprint density at radius 1 is 1.11 bits per heavy atom. The monoisotopic (exact) mass is 486 g/mol. The van der Waals surface area contributed by atoms with Crippen molar-refractivity contribution in [2.24, 2.45) is 4.99 Å². The minimum atomic E-state index is -0.499. The number of hydrogen-bond acceptors (Lipinski definition) is 8. The highest BCUT2D eigenvalue weighted by molar-refractivity contribution is 5.94. The summed E-state index contributed by atoms with van der Waals surface area (Å²) in [5.41, 5.74) is 2.53. The number of amidine groups is 1. The van der Waals surface area contributed by atoms with Gasteiger partial charge in [0.15, 0.2) is 0 Å². The van der Waals surface area contributed by atoms with E-state index in [0.29, 0.717) is 43.3 Å². The molecule has 1 saturated heterocycles. The van der Waals surface area contributed by atoms with Gasteiger partial charge >= 0.3 is 6.09 Å². The first-order chi connectivity index (χ1) is 17.3. The van der Waals surface area contributed by atoms with Crippen LogP contribution in [0.2, 0.25) is 0 Å². The molecule has 0 saturated carbocycles. The summed E-state index contributed by atoms with van der Waals surface area (Å²) in [6.07, 6.45) is 13.1. The van der Waals surface area contributed by atoms with Gasteiger partial charge in [0.2, 0.25) is 0 Å². The van der Waals surface area contributed by atoms with E-state index < -0.39 is 5.60 Å². The summed E-state index contributed by atoms with van der Waals surface area (Å²) in [4.78, 5) is 34.7. The van der Waals surface area contributed by atoms with Crippen LogP contribution in [-0.2, 0) is 4.74 Å². The number of aliphatic imine (C=N–C) groups is 1. The summed E-state index contributed by atoms with van der Waals surface area (Å²) in [7, 11) is 0. The first-order valence-corrected chi connectivity index (χ1v) is 12.1. The Morgan fingerprint density at radius 3 is 2.67 bits per heavy atom. The highest BCUT2D eigenvalue weighted by atomic mass is 16.6. The van der Waals surface area contributed by atoms with Crippen molar-refractivity contribution in [3.05, 3.63) is 55.3 Å². The number of amides is 1. The lowest BCUT2D eigenvalue weighted by Crippen LogP contribution is -2.51. The van der Waals surface area contributed by atoms with Gasteiger partial charge in [-0.3, -0.25) is 9.97 Å². The molecule has 1 amide bonds. The minimum Gasteiger partial charge on any atom is -0.444 e. The molecule has 3 aromatic rings. The summed E-state index contributed by atoms with van der Waals surface area (Å²) < 4.78 is 7.45. The molecule has 5 heterocycles. The summed E-state index contributed by atoms with van der Waals surface area (Å²) in [6.45, 7) is 12.0. The second-order valence-corrected chi connectivity index (χ2v) is 9.81. The number of nitrogens with zero attached hydrogens (tertiary/aromatic N) is 8. The standard InChI is InChI=1S/C26H30N8O2/c1-5-19-16-27-17-21(30-19)20-13-22-18(14-28-20)15-29-34(22)24-8-6-7-23(31-24)32-9-11-33(12-10-32)25(35)36-26(2,3)4/h5-7,13-17,24H,1,8-12H2,2-4H3. The number of carbonyl (C=O) groups is 1. The van der Waals surface area contributed by atoms with E-state index in [9.17, 15) is 4.79 Å². The molecule has 0 aromatic carbocycles. The number of rotatable bonds is 3. The maximum Gasteiger partial charge on any atom is 0.410 e. The van der Waals surface area contributed by atoms with E-state index >= 15 is 0 Å². The highest BCUT2D eigenvalue weighted by Gasteiger charge is 2.28. The smallest absolute Gasteiger partial charge is 0.410 e. The lowest BCUT2D eigenvalue weighted by Gasteiger charge is -2.37. The molecule has 36 heavy (non-hydrogen) atoms. The van der Waals surface area contributed by atoms with Crippen LogP contribution >= 0.6 is 0 Å². The summed E-state index contributed by atoms with van der Waals surface area (Å²) >= 11 is 0. The van der Waals surface area contributed by atoms with Crippen LogP contribution in [0.4, 0.5) is 4.79 Å². The van der Waals surface area contributed by atoms with Crippen molar-refractivity contribution in [2.75, 3.05) is 26.2 Å². The van der Waals surface area contributed by atoms with Gasteiger partial charge in [-0.2, -0.15) is 5.10 Å². The van der Waals surface area contributed by atoms with Gasteiger partial charge in [-0.05, 0) is 39.0 Å². The number of piperazine rings is 1. The fourth-order valence-corrected chi connectivity index (χ4v) is 4.25. The number of fused-ring (bicyclic) bond motifs is 1. The molecule has 2 aliphatic rings. The first kappa shape index (κ1) is 23.7. The molecule has 3 aromatic heterocycles. The third-order valence-corrected chi connectivity index (χ3v) is 6.04.